The normalized spacial score (nSPS) is 20.7. The summed E-state index contributed by atoms with van der Waals surface area (Å²) in [6.07, 6.45) is 3.47. The van der Waals surface area contributed by atoms with Crippen molar-refractivity contribution in [2.24, 2.45) is 5.92 Å². The summed E-state index contributed by atoms with van der Waals surface area (Å²) >= 11 is 0. The highest BCUT2D eigenvalue weighted by Gasteiger charge is 2.34. The molecule has 2 aliphatic carbocycles. The Hall–Kier alpha value is -2.31. The van der Waals surface area contributed by atoms with E-state index in [1.54, 1.807) is 13.0 Å². The summed E-state index contributed by atoms with van der Waals surface area (Å²) < 4.78 is 37.7. The molecule has 0 saturated heterocycles. The maximum Gasteiger partial charge on any atom is 0.416 e. The third-order valence-corrected chi connectivity index (χ3v) is 3.80. The third kappa shape index (κ3) is 4.37. The average Bonchev–Trinajstić information content (AvgIpc) is 2.55. The van der Waals surface area contributed by atoms with Crippen molar-refractivity contribution in [1.29, 1.82) is 0 Å². The fraction of sp³-hybridized carbons (Fsp3) is 0.412. The summed E-state index contributed by atoms with van der Waals surface area (Å²) in [5.41, 5.74) is 0.154. The number of likely N-dealkylation sites (N-methyl/N-ethyl adjacent to an activating group) is 1. The Labute approximate surface area is 138 Å². The minimum atomic E-state index is -4.40. The highest BCUT2D eigenvalue weighted by molar-refractivity contribution is 5.96. The molecular formula is C17H19F3N2O2. The molecule has 0 saturated carbocycles. The summed E-state index contributed by atoms with van der Waals surface area (Å²) in [5.74, 6) is -1.35. The molecule has 0 aromatic rings. The van der Waals surface area contributed by atoms with E-state index in [1.165, 1.54) is 6.08 Å². The number of allylic oxidation sites excluding steroid dienone is 5. The van der Waals surface area contributed by atoms with Gasteiger partial charge < -0.3 is 10.6 Å². The first kappa shape index (κ1) is 18.0. The average molecular weight is 340 g/mol. The SMILES string of the molecule is CCNC(=O)C1=C(NC(=O)C2C=CC(C(F)(F)F)=CC2)C=CCC1. The molecule has 0 heterocycles. The van der Waals surface area contributed by atoms with Gasteiger partial charge in [-0.2, -0.15) is 13.2 Å². The van der Waals surface area contributed by atoms with Crippen molar-refractivity contribution in [3.05, 3.63) is 47.2 Å². The van der Waals surface area contributed by atoms with Gasteiger partial charge in [-0.15, -0.1) is 0 Å². The second-order valence-electron chi connectivity index (χ2n) is 5.54. The first-order chi connectivity index (χ1) is 11.3. The molecule has 1 unspecified atom stereocenters. The quantitative estimate of drug-likeness (QED) is 0.827. The van der Waals surface area contributed by atoms with Crippen LogP contribution in [0.15, 0.2) is 47.2 Å². The molecule has 0 fully saturated rings. The largest absolute Gasteiger partial charge is 0.416 e. The van der Waals surface area contributed by atoms with Crippen LogP contribution in [-0.2, 0) is 9.59 Å². The molecule has 24 heavy (non-hydrogen) atoms. The van der Waals surface area contributed by atoms with E-state index in [0.29, 0.717) is 30.7 Å². The van der Waals surface area contributed by atoms with Crippen molar-refractivity contribution >= 4 is 11.8 Å². The lowest BCUT2D eigenvalue weighted by Gasteiger charge is -2.20. The Kier molecular flexibility index (Phi) is 5.64. The molecule has 0 bridgehead atoms. The summed E-state index contributed by atoms with van der Waals surface area (Å²) in [6, 6.07) is 0. The fourth-order valence-electron chi connectivity index (χ4n) is 2.53. The predicted molar refractivity (Wildman–Crippen MR) is 83.6 cm³/mol. The molecule has 0 aliphatic heterocycles. The van der Waals surface area contributed by atoms with E-state index in [2.05, 4.69) is 10.6 Å². The van der Waals surface area contributed by atoms with Crippen LogP contribution < -0.4 is 10.6 Å². The lowest BCUT2D eigenvalue weighted by atomic mass is 9.95. The molecule has 1 atom stereocenters. The summed E-state index contributed by atoms with van der Waals surface area (Å²) in [6.45, 7) is 2.27. The number of rotatable bonds is 4. The van der Waals surface area contributed by atoms with E-state index in [0.717, 1.165) is 12.2 Å². The molecule has 4 nitrogen and oxygen atoms in total. The van der Waals surface area contributed by atoms with Crippen LogP contribution in [0.25, 0.3) is 0 Å². The maximum absolute atomic E-state index is 12.6. The molecule has 2 N–H and O–H groups in total. The monoisotopic (exact) mass is 340 g/mol. The minimum Gasteiger partial charge on any atom is -0.353 e. The first-order valence-electron chi connectivity index (χ1n) is 7.77. The fourth-order valence-corrected chi connectivity index (χ4v) is 2.53. The smallest absolute Gasteiger partial charge is 0.353 e. The van der Waals surface area contributed by atoms with Gasteiger partial charge in [-0.3, -0.25) is 9.59 Å². The number of nitrogens with one attached hydrogen (secondary N) is 2. The molecule has 2 rings (SSSR count). The second kappa shape index (κ2) is 7.51. The highest BCUT2D eigenvalue weighted by atomic mass is 19.4. The van der Waals surface area contributed by atoms with Gasteiger partial charge in [0.05, 0.1) is 11.5 Å². The molecule has 0 spiro atoms. The maximum atomic E-state index is 12.6. The van der Waals surface area contributed by atoms with Gasteiger partial charge in [0, 0.05) is 17.8 Å². The molecule has 7 heteroatoms. The zero-order valence-electron chi connectivity index (χ0n) is 13.2. The van der Waals surface area contributed by atoms with Gasteiger partial charge in [-0.25, -0.2) is 0 Å². The van der Waals surface area contributed by atoms with Crippen LogP contribution in [0.1, 0.15) is 26.2 Å². The Balaban J connectivity index is 2.07. The van der Waals surface area contributed by atoms with Crippen molar-refractivity contribution in [3.8, 4) is 0 Å². The van der Waals surface area contributed by atoms with Crippen LogP contribution >= 0.6 is 0 Å². The Morgan fingerprint density at radius 3 is 2.62 bits per heavy atom. The van der Waals surface area contributed by atoms with Gasteiger partial charge in [-0.1, -0.05) is 24.3 Å². The van der Waals surface area contributed by atoms with Crippen molar-refractivity contribution in [2.75, 3.05) is 6.54 Å². The first-order valence-corrected chi connectivity index (χ1v) is 7.77. The van der Waals surface area contributed by atoms with Crippen LogP contribution in [-0.4, -0.2) is 24.5 Å². The van der Waals surface area contributed by atoms with Crippen LogP contribution in [0, 0.1) is 5.92 Å². The van der Waals surface area contributed by atoms with Gasteiger partial charge in [0.25, 0.3) is 0 Å². The predicted octanol–water partition coefficient (Wildman–Crippen LogP) is 2.91. The second-order valence-corrected chi connectivity index (χ2v) is 5.54. The van der Waals surface area contributed by atoms with E-state index >= 15 is 0 Å². The van der Waals surface area contributed by atoms with Crippen molar-refractivity contribution in [3.63, 3.8) is 0 Å². The van der Waals surface area contributed by atoms with Gasteiger partial charge in [0.2, 0.25) is 11.8 Å². The standard InChI is InChI=1S/C17H19F3N2O2/c1-2-21-16(24)13-5-3-4-6-14(13)22-15(23)11-7-9-12(10-8-11)17(18,19)20/h4,6-7,9-11H,2-3,5,8H2,1H3,(H,21,24)(H,22,23). The molecule has 0 aromatic heterocycles. The van der Waals surface area contributed by atoms with Gasteiger partial charge in [-0.05, 0) is 32.3 Å². The summed E-state index contributed by atoms with van der Waals surface area (Å²) in [4.78, 5) is 24.3. The zero-order valence-corrected chi connectivity index (χ0v) is 13.2. The Morgan fingerprint density at radius 2 is 2.04 bits per heavy atom. The molecular weight excluding hydrogens is 321 g/mol. The van der Waals surface area contributed by atoms with Crippen LogP contribution in [0.4, 0.5) is 13.2 Å². The molecule has 130 valence electrons. The molecule has 2 aliphatic rings. The van der Waals surface area contributed by atoms with Gasteiger partial charge in [0.1, 0.15) is 0 Å². The van der Waals surface area contributed by atoms with Crippen molar-refractivity contribution in [1.82, 2.24) is 10.6 Å². The van der Waals surface area contributed by atoms with E-state index in [-0.39, 0.29) is 12.3 Å². The zero-order chi connectivity index (χ0) is 17.7. The van der Waals surface area contributed by atoms with Crippen molar-refractivity contribution in [2.45, 2.75) is 32.4 Å². The Morgan fingerprint density at radius 1 is 1.29 bits per heavy atom. The lowest BCUT2D eigenvalue weighted by Crippen LogP contribution is -2.34. The molecule has 0 aromatic carbocycles. The molecule has 0 radical (unpaired) electrons. The molecule has 2 amide bonds. The van der Waals surface area contributed by atoms with E-state index < -0.39 is 23.6 Å². The summed E-state index contributed by atoms with van der Waals surface area (Å²) in [7, 11) is 0. The number of amides is 2. The number of alkyl halides is 3. The topological polar surface area (TPSA) is 58.2 Å². The van der Waals surface area contributed by atoms with Crippen LogP contribution in [0.3, 0.4) is 0 Å². The van der Waals surface area contributed by atoms with E-state index in [1.807, 2.05) is 6.08 Å². The van der Waals surface area contributed by atoms with Crippen LogP contribution in [0.2, 0.25) is 0 Å². The number of hydrogen-bond acceptors (Lipinski definition) is 2. The van der Waals surface area contributed by atoms with Crippen molar-refractivity contribution < 1.29 is 22.8 Å². The van der Waals surface area contributed by atoms with E-state index in [9.17, 15) is 22.8 Å². The third-order valence-electron chi connectivity index (χ3n) is 3.80. The Bertz CT molecular complexity index is 643. The minimum absolute atomic E-state index is 0.0232. The van der Waals surface area contributed by atoms with Gasteiger partial charge in [0.15, 0.2) is 0 Å². The van der Waals surface area contributed by atoms with Gasteiger partial charge >= 0.3 is 6.18 Å². The van der Waals surface area contributed by atoms with Crippen LogP contribution in [0.5, 0.6) is 0 Å². The number of carbonyl (C=O) groups excluding carboxylic acids is 2. The highest BCUT2D eigenvalue weighted by Crippen LogP contribution is 2.31. The lowest BCUT2D eigenvalue weighted by molar-refractivity contribution is -0.123. The number of hydrogen-bond donors (Lipinski definition) is 2. The number of halogens is 3. The number of carbonyl (C=O) groups is 2. The summed E-state index contributed by atoms with van der Waals surface area (Å²) in [5, 5.41) is 5.35. The van der Waals surface area contributed by atoms with E-state index in [4.69, 9.17) is 0 Å².